The standard InChI is InChI=1S/C13H23N3O/c1-2-11-5-3-7-13(9-11)16-10-12(14-15-16)6-4-8-17/h10-11,13,17H,2-9H2,1H3. The summed E-state index contributed by atoms with van der Waals surface area (Å²) < 4.78 is 2.05. The molecule has 0 bridgehead atoms. The van der Waals surface area contributed by atoms with Crippen molar-refractivity contribution in [2.45, 2.75) is 57.9 Å². The average molecular weight is 237 g/mol. The molecule has 4 nitrogen and oxygen atoms in total. The van der Waals surface area contributed by atoms with Crippen molar-refractivity contribution in [3.8, 4) is 0 Å². The third-order valence-corrected chi connectivity index (χ3v) is 3.86. The first-order valence-electron chi connectivity index (χ1n) is 6.85. The van der Waals surface area contributed by atoms with E-state index in [0.717, 1.165) is 24.5 Å². The molecule has 2 rings (SSSR count). The van der Waals surface area contributed by atoms with Crippen LogP contribution >= 0.6 is 0 Å². The molecule has 17 heavy (non-hydrogen) atoms. The molecule has 0 aliphatic heterocycles. The zero-order valence-corrected chi connectivity index (χ0v) is 10.7. The van der Waals surface area contributed by atoms with Crippen LogP contribution in [0.25, 0.3) is 0 Å². The summed E-state index contributed by atoms with van der Waals surface area (Å²) in [5.74, 6) is 0.860. The lowest BCUT2D eigenvalue weighted by Crippen LogP contribution is -2.19. The maximum absolute atomic E-state index is 8.79. The minimum atomic E-state index is 0.230. The molecule has 96 valence electrons. The van der Waals surface area contributed by atoms with Crippen molar-refractivity contribution in [1.29, 1.82) is 0 Å². The Morgan fingerprint density at radius 3 is 3.12 bits per heavy atom. The first-order chi connectivity index (χ1) is 8.33. The van der Waals surface area contributed by atoms with E-state index in [4.69, 9.17) is 5.11 Å². The quantitative estimate of drug-likeness (QED) is 0.855. The van der Waals surface area contributed by atoms with Gasteiger partial charge in [-0.05, 0) is 31.6 Å². The first kappa shape index (κ1) is 12.6. The van der Waals surface area contributed by atoms with Crippen LogP contribution in [0.2, 0.25) is 0 Å². The summed E-state index contributed by atoms with van der Waals surface area (Å²) >= 11 is 0. The third-order valence-electron chi connectivity index (χ3n) is 3.86. The van der Waals surface area contributed by atoms with Gasteiger partial charge in [0.25, 0.3) is 0 Å². The molecular formula is C13H23N3O. The van der Waals surface area contributed by atoms with E-state index in [1.165, 1.54) is 32.1 Å². The molecule has 2 atom stereocenters. The van der Waals surface area contributed by atoms with Crippen LogP contribution in [-0.4, -0.2) is 26.7 Å². The van der Waals surface area contributed by atoms with Gasteiger partial charge in [-0.1, -0.05) is 31.4 Å². The van der Waals surface area contributed by atoms with E-state index < -0.39 is 0 Å². The number of hydrogen-bond acceptors (Lipinski definition) is 3. The second-order valence-corrected chi connectivity index (χ2v) is 5.11. The molecule has 0 aromatic carbocycles. The highest BCUT2D eigenvalue weighted by Gasteiger charge is 2.22. The Hall–Kier alpha value is -0.900. The Bertz CT molecular complexity index is 337. The number of aryl methyl sites for hydroxylation is 1. The SMILES string of the molecule is CCC1CCCC(n2cc(CCCO)nn2)C1. The number of hydrogen-bond donors (Lipinski definition) is 1. The van der Waals surface area contributed by atoms with E-state index in [2.05, 4.69) is 28.1 Å². The minimum absolute atomic E-state index is 0.230. The number of aliphatic hydroxyl groups is 1. The smallest absolute Gasteiger partial charge is 0.0828 e. The fourth-order valence-electron chi connectivity index (χ4n) is 2.74. The van der Waals surface area contributed by atoms with Crippen LogP contribution in [0.3, 0.4) is 0 Å². The summed E-state index contributed by atoms with van der Waals surface area (Å²) in [4.78, 5) is 0. The fourth-order valence-corrected chi connectivity index (χ4v) is 2.74. The first-order valence-corrected chi connectivity index (χ1v) is 6.85. The highest BCUT2D eigenvalue weighted by molar-refractivity contribution is 4.94. The molecule has 0 saturated heterocycles. The molecule has 1 aromatic heterocycles. The van der Waals surface area contributed by atoms with Crippen molar-refractivity contribution >= 4 is 0 Å². The number of aromatic nitrogens is 3. The molecule has 1 aliphatic rings. The van der Waals surface area contributed by atoms with E-state index in [0.29, 0.717) is 6.04 Å². The van der Waals surface area contributed by atoms with Crippen LogP contribution in [-0.2, 0) is 6.42 Å². The minimum Gasteiger partial charge on any atom is -0.396 e. The number of aliphatic hydroxyl groups excluding tert-OH is 1. The second kappa shape index (κ2) is 6.15. The highest BCUT2D eigenvalue weighted by atomic mass is 16.2. The molecule has 0 amide bonds. The summed E-state index contributed by atoms with van der Waals surface area (Å²) in [5.41, 5.74) is 1.01. The molecule has 1 N–H and O–H groups in total. The van der Waals surface area contributed by atoms with Crippen molar-refractivity contribution in [3.05, 3.63) is 11.9 Å². The second-order valence-electron chi connectivity index (χ2n) is 5.11. The lowest BCUT2D eigenvalue weighted by molar-refractivity contribution is 0.245. The maximum atomic E-state index is 8.79. The molecule has 4 heteroatoms. The molecule has 2 unspecified atom stereocenters. The van der Waals surface area contributed by atoms with Gasteiger partial charge in [0.1, 0.15) is 0 Å². The van der Waals surface area contributed by atoms with E-state index in [9.17, 15) is 0 Å². The molecule has 1 saturated carbocycles. The van der Waals surface area contributed by atoms with Gasteiger partial charge in [0, 0.05) is 12.8 Å². The molecule has 0 spiro atoms. The lowest BCUT2D eigenvalue weighted by Gasteiger charge is -2.28. The van der Waals surface area contributed by atoms with Gasteiger partial charge in [0.15, 0.2) is 0 Å². The van der Waals surface area contributed by atoms with Gasteiger partial charge in [-0.2, -0.15) is 0 Å². The molecule has 1 heterocycles. The largest absolute Gasteiger partial charge is 0.396 e. The van der Waals surface area contributed by atoms with Crippen LogP contribution in [0.15, 0.2) is 6.20 Å². The average Bonchev–Trinajstić information content (AvgIpc) is 2.85. The molecule has 1 aliphatic carbocycles. The fraction of sp³-hybridized carbons (Fsp3) is 0.846. The van der Waals surface area contributed by atoms with Crippen molar-refractivity contribution in [2.24, 2.45) is 5.92 Å². The normalized spacial score (nSPS) is 25.1. The van der Waals surface area contributed by atoms with Crippen molar-refractivity contribution in [1.82, 2.24) is 15.0 Å². The topological polar surface area (TPSA) is 50.9 Å². The van der Waals surface area contributed by atoms with Gasteiger partial charge >= 0.3 is 0 Å². The monoisotopic (exact) mass is 237 g/mol. The Kier molecular flexibility index (Phi) is 4.54. The Labute approximate surface area is 103 Å². The van der Waals surface area contributed by atoms with Crippen LogP contribution in [0.4, 0.5) is 0 Å². The molecule has 1 aromatic rings. The zero-order chi connectivity index (χ0) is 12.1. The summed E-state index contributed by atoms with van der Waals surface area (Å²) in [5, 5.41) is 17.2. The van der Waals surface area contributed by atoms with Gasteiger partial charge < -0.3 is 5.11 Å². The predicted octanol–water partition coefficient (Wildman–Crippen LogP) is 2.34. The van der Waals surface area contributed by atoms with E-state index in [-0.39, 0.29) is 6.61 Å². The van der Waals surface area contributed by atoms with Gasteiger partial charge in [0.05, 0.1) is 11.7 Å². The highest BCUT2D eigenvalue weighted by Crippen LogP contribution is 2.33. The van der Waals surface area contributed by atoms with E-state index >= 15 is 0 Å². The predicted molar refractivity (Wildman–Crippen MR) is 66.7 cm³/mol. The molecular weight excluding hydrogens is 214 g/mol. The summed E-state index contributed by atoms with van der Waals surface area (Å²) in [6, 6.07) is 0.545. The van der Waals surface area contributed by atoms with Crippen LogP contribution < -0.4 is 0 Å². The van der Waals surface area contributed by atoms with Crippen molar-refractivity contribution < 1.29 is 5.11 Å². The van der Waals surface area contributed by atoms with Crippen molar-refractivity contribution in [2.75, 3.05) is 6.61 Å². The lowest BCUT2D eigenvalue weighted by atomic mass is 9.84. The van der Waals surface area contributed by atoms with Gasteiger partial charge in [0.2, 0.25) is 0 Å². The van der Waals surface area contributed by atoms with Gasteiger partial charge in [-0.25, -0.2) is 4.68 Å². The van der Waals surface area contributed by atoms with Crippen molar-refractivity contribution in [3.63, 3.8) is 0 Å². The Morgan fingerprint density at radius 2 is 2.35 bits per heavy atom. The van der Waals surface area contributed by atoms with E-state index in [1.807, 2.05) is 0 Å². The van der Waals surface area contributed by atoms with Gasteiger partial charge in [-0.15, -0.1) is 5.10 Å². The molecule has 1 fully saturated rings. The summed E-state index contributed by atoms with van der Waals surface area (Å²) in [6.07, 6.45) is 10.1. The van der Waals surface area contributed by atoms with Gasteiger partial charge in [-0.3, -0.25) is 0 Å². The zero-order valence-electron chi connectivity index (χ0n) is 10.7. The number of nitrogens with zero attached hydrogens (tertiary/aromatic N) is 3. The third kappa shape index (κ3) is 3.28. The van der Waals surface area contributed by atoms with E-state index in [1.54, 1.807) is 0 Å². The Balaban J connectivity index is 1.94. The maximum Gasteiger partial charge on any atom is 0.0828 e. The van der Waals surface area contributed by atoms with Crippen LogP contribution in [0.5, 0.6) is 0 Å². The summed E-state index contributed by atoms with van der Waals surface area (Å²) in [6.45, 7) is 2.51. The Morgan fingerprint density at radius 1 is 1.47 bits per heavy atom. The molecule has 0 radical (unpaired) electrons. The van der Waals surface area contributed by atoms with Crippen LogP contribution in [0.1, 0.15) is 57.2 Å². The van der Waals surface area contributed by atoms with Crippen LogP contribution in [0, 0.1) is 5.92 Å². The summed E-state index contributed by atoms with van der Waals surface area (Å²) in [7, 11) is 0. The number of rotatable bonds is 5.